The van der Waals surface area contributed by atoms with Crippen molar-refractivity contribution in [1.29, 1.82) is 0 Å². The highest BCUT2D eigenvalue weighted by Gasteiger charge is 2.95. The zero-order valence-corrected chi connectivity index (χ0v) is 46.3. The minimum atomic E-state index is -8.93. The number of fused-ring (bicyclic) bond motifs is 3. The number of hydrogen-bond acceptors (Lipinski definition) is 18. The maximum Gasteiger partial charge on any atom is 0.460 e. The van der Waals surface area contributed by atoms with E-state index in [9.17, 15) is 77.1 Å². The molecule has 1 fully saturated rings. The van der Waals surface area contributed by atoms with Gasteiger partial charge in [0, 0.05) is 60.5 Å². The van der Waals surface area contributed by atoms with Gasteiger partial charge in [-0.2, -0.15) is 74.6 Å². The number of alkyl halides is 17. The quantitative estimate of drug-likeness (QED) is 0.00890. The van der Waals surface area contributed by atoms with Crippen molar-refractivity contribution in [3.05, 3.63) is 83.0 Å². The molecule has 1 aliphatic carbocycles. The molecule has 20 nitrogen and oxygen atoms in total. The van der Waals surface area contributed by atoms with Crippen LogP contribution >= 0.6 is 19.0 Å². The standard InChI is InChI=1S/C49H43F17N7O13PS/c1-4-29-36(86-87(79,88)81-3)37(40(85-29)73-20-70-35-38(67)68-19-69-39(35)73)82-14-13-22(72-49(65,66)47(60,61)45(56,57)43(52,53)42(50,51)44(54,55)46(58,59)48(62,63)64)18-83-33(77)12-11-32(76)71-21-5-8-25(28(15-21)41(78)80-2)34-26-9-6-23(74)16-30(26)84-31-17-24(75)7-10-27(31)34/h5-10,15-17,19-20,22,29,36-37,40,72,74H,4,11-14,18H2,1-3H3,(H,71,76)(H,79,88)(H2,67,68,69)/t22?,29-,36?,37+,40-,87?/m1/s1. The second-order valence-electron chi connectivity index (χ2n) is 19.1. The number of hydrogen-bond donors (Lipinski definition) is 5. The molecule has 6 atom stereocenters. The molecule has 2 aliphatic heterocycles. The van der Waals surface area contributed by atoms with Crippen LogP contribution in [0.4, 0.5) is 86.1 Å². The van der Waals surface area contributed by atoms with Crippen LogP contribution in [0.3, 0.4) is 0 Å². The summed E-state index contributed by atoms with van der Waals surface area (Å²) in [6.45, 7) is -6.06. The first-order chi connectivity index (χ1) is 40.6. The fourth-order valence-electron chi connectivity index (χ4n) is 8.85. The van der Waals surface area contributed by atoms with Gasteiger partial charge in [-0.15, -0.1) is 0 Å². The van der Waals surface area contributed by atoms with Crippen molar-refractivity contribution in [1.82, 2.24) is 24.8 Å². The number of nitrogens with one attached hydrogen (secondary N) is 2. The number of thiol groups is 1. The molecule has 1 amide bonds. The Balaban J connectivity index is 1.15. The van der Waals surface area contributed by atoms with Crippen molar-refractivity contribution < 1.29 is 131 Å². The van der Waals surface area contributed by atoms with Crippen molar-refractivity contribution in [2.45, 2.75) is 111 Å². The molecule has 0 spiro atoms. The summed E-state index contributed by atoms with van der Waals surface area (Å²) in [7, 11) is 1.86. The van der Waals surface area contributed by atoms with Crippen LogP contribution in [0.15, 0.2) is 76.5 Å². The van der Waals surface area contributed by atoms with Gasteiger partial charge in [-0.05, 0) is 54.8 Å². The molecule has 4 heterocycles. The number of aromatic nitrogens is 4. The Morgan fingerprint density at radius 3 is 2.07 bits per heavy atom. The first kappa shape index (κ1) is 68.4. The average Bonchev–Trinajstić information content (AvgIpc) is 1.08. The third kappa shape index (κ3) is 12.6. The van der Waals surface area contributed by atoms with Crippen molar-refractivity contribution in [3.63, 3.8) is 0 Å². The lowest BCUT2D eigenvalue weighted by Gasteiger charge is -2.43. The van der Waals surface area contributed by atoms with Crippen molar-refractivity contribution in [2.24, 2.45) is 0 Å². The second-order valence-corrected chi connectivity index (χ2v) is 22.0. The zero-order chi connectivity index (χ0) is 65.7. The zero-order valence-electron chi connectivity index (χ0n) is 44.5. The summed E-state index contributed by atoms with van der Waals surface area (Å²) in [6.07, 6.45) is -15.9. The van der Waals surface area contributed by atoms with Crippen LogP contribution in [-0.2, 0) is 42.1 Å². The number of nitrogens with two attached hydrogens (primary N) is 1. The van der Waals surface area contributed by atoms with E-state index < -0.39 is 141 Å². The summed E-state index contributed by atoms with van der Waals surface area (Å²) >= 11 is 3.80. The third-order valence-corrected chi connectivity index (χ3v) is 15.1. The molecule has 2 aromatic heterocycles. The Kier molecular flexibility index (Phi) is 19.2. The van der Waals surface area contributed by atoms with Gasteiger partial charge in [0.25, 0.3) is 0 Å². The molecule has 4 aromatic rings. The van der Waals surface area contributed by atoms with E-state index in [0.717, 1.165) is 43.6 Å². The Morgan fingerprint density at radius 1 is 0.807 bits per heavy atom. The number of esters is 2. The van der Waals surface area contributed by atoms with E-state index in [1.54, 1.807) is 0 Å². The molecular formula is C49H43F17N7O13PS. The van der Waals surface area contributed by atoms with Crippen molar-refractivity contribution in [2.75, 3.05) is 38.5 Å². The molecule has 5 N–H and O–H groups in total. The lowest BCUT2D eigenvalue weighted by Crippen LogP contribution is -2.76. The normalized spacial score (nSPS) is 18.6. The van der Waals surface area contributed by atoms with Gasteiger partial charge in [0.15, 0.2) is 23.1 Å². The molecule has 0 saturated carbocycles. The predicted octanol–water partition coefficient (Wildman–Crippen LogP) is 10.8. The van der Waals surface area contributed by atoms with Crippen molar-refractivity contribution >= 4 is 70.5 Å². The van der Waals surface area contributed by atoms with E-state index in [1.807, 2.05) is 0 Å². The lowest BCUT2D eigenvalue weighted by atomic mass is 9.90. The molecule has 3 aliphatic rings. The van der Waals surface area contributed by atoms with E-state index >= 15 is 26.3 Å². The van der Waals surface area contributed by atoms with Gasteiger partial charge in [-0.3, -0.25) is 23.5 Å². The number of carbonyl (C=O) groups is 3. The van der Waals surface area contributed by atoms with E-state index in [-0.39, 0.29) is 68.4 Å². The Labute approximate surface area is 486 Å². The van der Waals surface area contributed by atoms with Crippen LogP contribution in [-0.4, -0.2) is 142 Å². The van der Waals surface area contributed by atoms with Crippen LogP contribution < -0.4 is 21.8 Å². The van der Waals surface area contributed by atoms with E-state index in [1.165, 1.54) is 49.4 Å². The topological polar surface area (TPSA) is 268 Å². The first-order valence-corrected chi connectivity index (χ1v) is 27.5. The first-order valence-electron chi connectivity index (χ1n) is 24.8. The molecule has 0 radical (unpaired) electrons. The summed E-state index contributed by atoms with van der Waals surface area (Å²) in [6, 6.07) is 1.08. The maximum absolute atomic E-state index is 15.7. The number of phenolic OH excluding ortho intramolecular Hbond substituents is 1. The minimum Gasteiger partial charge on any atom is -0.508 e. The molecule has 2 aromatic carbocycles. The van der Waals surface area contributed by atoms with Crippen LogP contribution in [0.2, 0.25) is 0 Å². The second kappa shape index (κ2) is 24.7. The lowest BCUT2D eigenvalue weighted by molar-refractivity contribution is -0.463. The average molecular weight is 1320 g/mol. The van der Waals surface area contributed by atoms with Gasteiger partial charge in [0.05, 0.1) is 31.5 Å². The van der Waals surface area contributed by atoms with Crippen LogP contribution in [0.1, 0.15) is 49.2 Å². The van der Waals surface area contributed by atoms with Crippen LogP contribution in [0, 0.1) is 0 Å². The predicted molar refractivity (Wildman–Crippen MR) is 271 cm³/mol. The molecule has 1 saturated heterocycles. The number of halogens is 17. The third-order valence-electron chi connectivity index (χ3n) is 13.4. The fraction of sp³-hybridized carbons (Fsp3) is 0.449. The summed E-state index contributed by atoms with van der Waals surface area (Å²) < 4.78 is 295. The number of nitrogens with zero attached hydrogens (tertiary/aromatic N) is 4. The number of phenols is 1. The molecule has 7 rings (SSSR count). The Hall–Kier alpha value is -7.12. The van der Waals surface area contributed by atoms with Gasteiger partial charge in [-0.25, -0.2) is 29.6 Å². The SMILES string of the molecule is CC[C@H]1O[C@@H](n2cnc3c(N)ncnc32)[C@@H](OCCC(COC(=O)CCC(=O)Nc2ccc(-c3c4ccc(=O)cc-4oc4cc(O)ccc34)c(C(=O)OC)c2)NC(F)(F)C(F)(F)C(F)(F)C(F)(F)C(F)(F)C(F)(F)C(F)(F)C(F)(F)F)C1OP(=O)(S)OC. The number of imidazole rings is 1. The van der Waals surface area contributed by atoms with Crippen LogP contribution in [0.25, 0.3) is 44.6 Å². The number of methoxy groups -OCH3 is 1. The highest BCUT2D eigenvalue weighted by molar-refractivity contribution is 8.44. The molecular weight excluding hydrogens is 1280 g/mol. The van der Waals surface area contributed by atoms with E-state index in [4.69, 9.17) is 38.1 Å². The maximum atomic E-state index is 15.7. The summed E-state index contributed by atoms with van der Waals surface area (Å²) in [4.78, 5) is 63.6. The monoisotopic (exact) mass is 1320 g/mol. The number of amides is 1. The Morgan fingerprint density at radius 2 is 1.44 bits per heavy atom. The van der Waals surface area contributed by atoms with Crippen LogP contribution in [0.5, 0.6) is 5.75 Å². The highest BCUT2D eigenvalue weighted by atomic mass is 32.7. The van der Waals surface area contributed by atoms with Gasteiger partial charge in [0.1, 0.15) is 47.8 Å². The van der Waals surface area contributed by atoms with E-state index in [2.05, 4.69) is 32.5 Å². The number of aromatic hydroxyl groups is 1. The van der Waals surface area contributed by atoms with E-state index in [0.29, 0.717) is 10.7 Å². The van der Waals surface area contributed by atoms with Crippen molar-refractivity contribution in [3.8, 4) is 28.2 Å². The number of carbonyl (C=O) groups excluding carboxylic acids is 3. The highest BCUT2D eigenvalue weighted by Crippen LogP contribution is 2.64. The fourth-order valence-corrected chi connectivity index (χ4v) is 9.82. The number of rotatable bonds is 25. The van der Waals surface area contributed by atoms with Gasteiger partial charge < -0.3 is 44.0 Å². The smallest absolute Gasteiger partial charge is 0.460 e. The summed E-state index contributed by atoms with van der Waals surface area (Å²) in [5.41, 5.74) is 5.45. The molecule has 482 valence electrons. The number of nitrogen functional groups attached to an aromatic ring is 1. The van der Waals surface area contributed by atoms with Gasteiger partial charge >= 0.3 is 66.5 Å². The molecule has 0 bridgehead atoms. The number of benzene rings is 3. The number of ether oxygens (including phenoxy) is 4. The minimum absolute atomic E-state index is 0.0133. The molecule has 39 heteroatoms. The molecule has 88 heavy (non-hydrogen) atoms. The van der Waals surface area contributed by atoms with Gasteiger partial charge in [-0.1, -0.05) is 25.2 Å². The van der Waals surface area contributed by atoms with Gasteiger partial charge in [0.2, 0.25) is 5.91 Å². The largest absolute Gasteiger partial charge is 0.508 e. The molecule has 3 unspecified atom stereocenters. The summed E-state index contributed by atoms with van der Waals surface area (Å²) in [5.74, 6) is -56.2. The summed E-state index contributed by atoms with van der Waals surface area (Å²) in [5, 5.41) is 13.1. The Bertz CT molecular complexity index is 3680. The number of anilines is 2.